The van der Waals surface area contributed by atoms with Gasteiger partial charge in [-0.15, -0.1) is 0 Å². The van der Waals surface area contributed by atoms with Gasteiger partial charge in [0.15, 0.2) is 0 Å². The van der Waals surface area contributed by atoms with Crippen LogP contribution in [-0.4, -0.2) is 56.6 Å². The van der Waals surface area contributed by atoms with E-state index in [0.29, 0.717) is 5.57 Å². The number of amides is 1. The zero-order valence-corrected chi connectivity index (χ0v) is 12.3. The first-order valence-electron chi connectivity index (χ1n) is 5.24. The molecule has 0 spiro atoms. The summed E-state index contributed by atoms with van der Waals surface area (Å²) in [5.41, 5.74) is 0.581. The molecule has 0 atom stereocenters. The van der Waals surface area contributed by atoms with Gasteiger partial charge in [0.05, 0.1) is 7.11 Å². The van der Waals surface area contributed by atoms with E-state index in [4.69, 9.17) is 4.55 Å². The Bertz CT molecular complexity index is 364. The number of rotatable bonds is 5. The standard InChI is InChI=1S/C9H18N2O.CH4O4S/c1-6-7-11(10(4)5)9(12)8(2)3;1-5-6(2,3)4/h2,6-7H2,1,3-5H3;1H3,(H,2,3,4). The molecule has 0 aliphatic carbocycles. The van der Waals surface area contributed by atoms with Crippen molar-refractivity contribution in [3.63, 3.8) is 0 Å². The van der Waals surface area contributed by atoms with Crippen molar-refractivity contribution >= 4 is 16.3 Å². The predicted molar refractivity (Wildman–Crippen MR) is 69.1 cm³/mol. The quantitative estimate of drug-likeness (QED) is 0.454. The maximum absolute atomic E-state index is 11.5. The van der Waals surface area contributed by atoms with Crippen LogP contribution >= 0.6 is 0 Å². The molecule has 0 aromatic heterocycles. The first kappa shape index (κ1) is 19.4. The molecule has 0 fully saturated rings. The molecule has 8 heteroatoms. The van der Waals surface area contributed by atoms with Gasteiger partial charge in [-0.3, -0.25) is 18.5 Å². The molecule has 0 aliphatic rings. The molecule has 1 N–H and O–H groups in total. The van der Waals surface area contributed by atoms with Crippen molar-refractivity contribution < 1.29 is 21.9 Å². The van der Waals surface area contributed by atoms with Crippen LogP contribution < -0.4 is 0 Å². The Morgan fingerprint density at radius 3 is 1.94 bits per heavy atom. The fourth-order valence-electron chi connectivity index (χ4n) is 0.915. The van der Waals surface area contributed by atoms with Crippen molar-refractivity contribution in [3.05, 3.63) is 12.2 Å². The lowest BCUT2D eigenvalue weighted by atomic mass is 10.3. The molecule has 0 rings (SSSR count). The Kier molecular flexibility index (Phi) is 9.73. The molecule has 1 amide bonds. The summed E-state index contributed by atoms with van der Waals surface area (Å²) in [5, 5.41) is 3.48. The van der Waals surface area contributed by atoms with Crippen LogP contribution in [0.25, 0.3) is 0 Å². The van der Waals surface area contributed by atoms with Crippen molar-refractivity contribution in [2.24, 2.45) is 0 Å². The van der Waals surface area contributed by atoms with Gasteiger partial charge in [0.25, 0.3) is 5.91 Å². The largest absolute Gasteiger partial charge is 0.397 e. The van der Waals surface area contributed by atoms with Gasteiger partial charge in [-0.05, 0) is 13.3 Å². The minimum atomic E-state index is -4.16. The van der Waals surface area contributed by atoms with E-state index in [-0.39, 0.29) is 5.91 Å². The molecular weight excluding hydrogens is 260 g/mol. The molecule has 0 saturated heterocycles. The van der Waals surface area contributed by atoms with Crippen LogP contribution in [0, 0.1) is 0 Å². The number of hydrazine groups is 1. The summed E-state index contributed by atoms with van der Waals surface area (Å²) < 4.78 is 29.7. The lowest BCUT2D eigenvalue weighted by molar-refractivity contribution is -0.140. The molecule has 0 radical (unpaired) electrons. The SMILES string of the molecule is C=C(C)C(=O)N(CCC)N(C)C.COS(=O)(=O)O. The molecule has 0 unspecified atom stereocenters. The minimum Gasteiger partial charge on any atom is -0.272 e. The summed E-state index contributed by atoms with van der Waals surface area (Å²) in [6.07, 6.45) is 0.956. The summed E-state index contributed by atoms with van der Waals surface area (Å²) in [6, 6.07) is 0. The molecule has 0 heterocycles. The van der Waals surface area contributed by atoms with Gasteiger partial charge in [0.2, 0.25) is 0 Å². The number of hydrogen-bond acceptors (Lipinski definition) is 5. The van der Waals surface area contributed by atoms with E-state index in [0.717, 1.165) is 20.1 Å². The predicted octanol–water partition coefficient (Wildman–Crippen LogP) is 0.713. The third-order valence-electron chi connectivity index (χ3n) is 1.73. The molecule has 0 bridgehead atoms. The second-order valence-electron chi connectivity index (χ2n) is 3.65. The van der Waals surface area contributed by atoms with Gasteiger partial charge in [0, 0.05) is 26.2 Å². The fourth-order valence-corrected chi connectivity index (χ4v) is 0.915. The number of hydrogen-bond donors (Lipinski definition) is 1. The molecule has 0 aromatic rings. The van der Waals surface area contributed by atoms with E-state index >= 15 is 0 Å². The van der Waals surface area contributed by atoms with E-state index in [1.54, 1.807) is 16.9 Å². The summed E-state index contributed by atoms with van der Waals surface area (Å²) in [6.45, 7) is 8.15. The summed E-state index contributed by atoms with van der Waals surface area (Å²) in [7, 11) is 0.424. The fraction of sp³-hybridized carbons (Fsp3) is 0.700. The summed E-state index contributed by atoms with van der Waals surface area (Å²) in [5.74, 6) is 0.00171. The smallest absolute Gasteiger partial charge is 0.272 e. The second-order valence-corrected chi connectivity index (χ2v) is 4.84. The highest BCUT2D eigenvalue weighted by atomic mass is 32.3. The lowest BCUT2D eigenvalue weighted by Crippen LogP contribution is -2.42. The molecule has 18 heavy (non-hydrogen) atoms. The first-order valence-corrected chi connectivity index (χ1v) is 6.61. The topological polar surface area (TPSA) is 87.2 Å². The zero-order chi connectivity index (χ0) is 14.9. The van der Waals surface area contributed by atoms with Crippen LogP contribution in [0.5, 0.6) is 0 Å². The Balaban J connectivity index is 0. The van der Waals surface area contributed by atoms with Gasteiger partial charge < -0.3 is 0 Å². The zero-order valence-electron chi connectivity index (χ0n) is 11.5. The van der Waals surface area contributed by atoms with E-state index in [9.17, 15) is 13.2 Å². The van der Waals surface area contributed by atoms with E-state index in [1.165, 1.54) is 0 Å². The Morgan fingerprint density at radius 2 is 1.78 bits per heavy atom. The number of carbonyl (C=O) groups excluding carboxylic acids is 1. The molecule has 0 aromatic carbocycles. The molecular formula is C10H22N2O5S. The summed E-state index contributed by atoms with van der Waals surface area (Å²) >= 11 is 0. The molecule has 0 saturated carbocycles. The van der Waals surface area contributed by atoms with Crippen LogP contribution in [-0.2, 0) is 19.4 Å². The monoisotopic (exact) mass is 282 g/mol. The van der Waals surface area contributed by atoms with E-state index in [1.807, 2.05) is 21.0 Å². The Hall–Kier alpha value is -0.960. The van der Waals surface area contributed by atoms with Gasteiger partial charge in [-0.25, -0.2) is 5.01 Å². The second kappa shape index (κ2) is 9.03. The Labute approximate surface area is 109 Å². The first-order chi connectivity index (χ1) is 8.06. The highest BCUT2D eigenvalue weighted by Crippen LogP contribution is 2.01. The molecule has 7 nitrogen and oxygen atoms in total. The highest BCUT2D eigenvalue weighted by molar-refractivity contribution is 7.80. The maximum atomic E-state index is 11.5. The van der Waals surface area contributed by atoms with Crippen LogP contribution in [0.1, 0.15) is 20.3 Å². The van der Waals surface area contributed by atoms with Crippen molar-refractivity contribution in [2.75, 3.05) is 27.7 Å². The highest BCUT2D eigenvalue weighted by Gasteiger charge is 2.14. The van der Waals surface area contributed by atoms with E-state index in [2.05, 4.69) is 10.8 Å². The number of carbonyl (C=O) groups is 1. The van der Waals surface area contributed by atoms with Crippen LogP contribution in [0.4, 0.5) is 0 Å². The third kappa shape index (κ3) is 10.2. The van der Waals surface area contributed by atoms with E-state index < -0.39 is 10.4 Å². The molecule has 0 aliphatic heterocycles. The van der Waals surface area contributed by atoms with Crippen molar-refractivity contribution in [2.45, 2.75) is 20.3 Å². The van der Waals surface area contributed by atoms with Crippen LogP contribution in [0.15, 0.2) is 12.2 Å². The van der Waals surface area contributed by atoms with Gasteiger partial charge in [0.1, 0.15) is 0 Å². The summed E-state index contributed by atoms with van der Waals surface area (Å²) in [4.78, 5) is 11.5. The minimum absolute atomic E-state index is 0.00171. The average Bonchev–Trinajstić information content (AvgIpc) is 2.24. The van der Waals surface area contributed by atoms with Crippen LogP contribution in [0.2, 0.25) is 0 Å². The lowest BCUT2D eigenvalue weighted by Gasteiger charge is -2.28. The third-order valence-corrected chi connectivity index (χ3v) is 2.15. The molecule has 108 valence electrons. The van der Waals surface area contributed by atoms with Crippen LogP contribution in [0.3, 0.4) is 0 Å². The van der Waals surface area contributed by atoms with Crippen molar-refractivity contribution in [3.8, 4) is 0 Å². The number of nitrogens with zero attached hydrogens (tertiary/aromatic N) is 2. The average molecular weight is 282 g/mol. The van der Waals surface area contributed by atoms with Crippen molar-refractivity contribution in [1.29, 1.82) is 0 Å². The van der Waals surface area contributed by atoms with Gasteiger partial charge in [-0.1, -0.05) is 13.5 Å². The maximum Gasteiger partial charge on any atom is 0.397 e. The van der Waals surface area contributed by atoms with Crippen molar-refractivity contribution in [1.82, 2.24) is 10.0 Å². The Morgan fingerprint density at radius 1 is 1.39 bits per heavy atom. The van der Waals surface area contributed by atoms with Gasteiger partial charge in [-0.2, -0.15) is 8.42 Å². The van der Waals surface area contributed by atoms with Gasteiger partial charge >= 0.3 is 10.4 Å². The normalized spacial score (nSPS) is 10.6.